The van der Waals surface area contributed by atoms with Crippen LogP contribution in [0.1, 0.15) is 28.9 Å². The van der Waals surface area contributed by atoms with E-state index in [2.05, 4.69) is 0 Å². The number of hydrogen-bond donors (Lipinski definition) is 0. The summed E-state index contributed by atoms with van der Waals surface area (Å²) in [6, 6.07) is 15.7. The van der Waals surface area contributed by atoms with E-state index in [0.717, 1.165) is 5.56 Å². The summed E-state index contributed by atoms with van der Waals surface area (Å²) in [5, 5.41) is 0. The molecule has 5 nitrogen and oxygen atoms in total. The van der Waals surface area contributed by atoms with Crippen molar-refractivity contribution in [1.29, 1.82) is 0 Å². The average Bonchev–Trinajstić information content (AvgIpc) is 2.89. The molecule has 118 valence electrons. The van der Waals surface area contributed by atoms with Gasteiger partial charge in [-0.15, -0.1) is 0 Å². The lowest BCUT2D eigenvalue weighted by molar-refractivity contribution is 0.0781. The van der Waals surface area contributed by atoms with E-state index in [1.807, 2.05) is 37.3 Å². The molecular weight excluding hydrogens is 294 g/mol. The molecule has 0 aromatic heterocycles. The van der Waals surface area contributed by atoms with E-state index in [4.69, 9.17) is 9.47 Å². The van der Waals surface area contributed by atoms with Crippen LogP contribution < -0.4 is 4.74 Å². The van der Waals surface area contributed by atoms with Crippen LogP contribution in [-0.4, -0.2) is 30.1 Å². The van der Waals surface area contributed by atoms with Gasteiger partial charge in [-0.05, 0) is 36.8 Å². The van der Waals surface area contributed by atoms with E-state index < -0.39 is 12.2 Å². The molecule has 0 aliphatic carbocycles. The molecule has 0 saturated carbocycles. The molecule has 1 aliphatic rings. The second-order valence-electron chi connectivity index (χ2n) is 5.36. The lowest BCUT2D eigenvalue weighted by atomic mass is 10.0. The van der Waals surface area contributed by atoms with Crippen molar-refractivity contribution in [2.75, 3.05) is 7.11 Å². The Morgan fingerprint density at radius 2 is 1.74 bits per heavy atom. The highest BCUT2D eigenvalue weighted by atomic mass is 16.6. The van der Waals surface area contributed by atoms with Crippen molar-refractivity contribution in [3.05, 3.63) is 65.7 Å². The van der Waals surface area contributed by atoms with E-state index >= 15 is 0 Å². The first-order chi connectivity index (χ1) is 11.1. The van der Waals surface area contributed by atoms with E-state index in [-0.39, 0.29) is 11.9 Å². The van der Waals surface area contributed by atoms with Crippen molar-refractivity contribution in [1.82, 2.24) is 4.90 Å². The summed E-state index contributed by atoms with van der Waals surface area (Å²) >= 11 is 0. The second-order valence-corrected chi connectivity index (χ2v) is 5.36. The van der Waals surface area contributed by atoms with Gasteiger partial charge in [-0.1, -0.05) is 30.3 Å². The number of hydrogen-bond acceptors (Lipinski definition) is 4. The molecule has 0 spiro atoms. The molecule has 0 N–H and O–H groups in total. The fourth-order valence-electron chi connectivity index (χ4n) is 2.70. The van der Waals surface area contributed by atoms with Crippen LogP contribution in [0.25, 0.3) is 0 Å². The number of benzene rings is 2. The Hall–Kier alpha value is -2.82. The van der Waals surface area contributed by atoms with Gasteiger partial charge in [0.15, 0.2) is 0 Å². The molecular formula is C18H17NO4. The summed E-state index contributed by atoms with van der Waals surface area (Å²) < 4.78 is 10.5. The van der Waals surface area contributed by atoms with Gasteiger partial charge in [0.05, 0.1) is 13.2 Å². The van der Waals surface area contributed by atoms with Gasteiger partial charge in [0, 0.05) is 5.56 Å². The predicted octanol–water partition coefficient (Wildman–Crippen LogP) is 3.42. The maximum Gasteiger partial charge on any atom is 0.417 e. The third-order valence-electron chi connectivity index (χ3n) is 3.95. The molecule has 1 aliphatic heterocycles. The van der Waals surface area contributed by atoms with Crippen LogP contribution in [0.3, 0.4) is 0 Å². The largest absolute Gasteiger partial charge is 0.497 e. The fraction of sp³-hybridized carbons (Fsp3) is 0.222. The van der Waals surface area contributed by atoms with Gasteiger partial charge in [-0.25, -0.2) is 9.69 Å². The Labute approximate surface area is 134 Å². The number of amides is 2. The quantitative estimate of drug-likeness (QED) is 0.871. The Balaban J connectivity index is 1.84. The first-order valence-electron chi connectivity index (χ1n) is 7.35. The minimum Gasteiger partial charge on any atom is -0.497 e. The SMILES string of the molecule is COc1ccc(C(=O)N2C(=O)O[C@@H](c3ccccc3)[C@H]2C)cc1. The number of rotatable bonds is 3. The topological polar surface area (TPSA) is 55.8 Å². The highest BCUT2D eigenvalue weighted by Crippen LogP contribution is 2.33. The van der Waals surface area contributed by atoms with Crippen molar-refractivity contribution in [3.63, 3.8) is 0 Å². The van der Waals surface area contributed by atoms with Crippen LogP contribution >= 0.6 is 0 Å². The summed E-state index contributed by atoms with van der Waals surface area (Å²) in [6.45, 7) is 1.81. The molecule has 2 aromatic carbocycles. The standard InChI is InChI=1S/C18H17NO4/c1-12-16(13-6-4-3-5-7-13)23-18(21)19(12)17(20)14-8-10-15(22-2)11-9-14/h3-12,16H,1-2H3/t12-,16-/m1/s1. The third-order valence-corrected chi connectivity index (χ3v) is 3.95. The molecule has 0 radical (unpaired) electrons. The third kappa shape index (κ3) is 2.77. The molecule has 1 saturated heterocycles. The molecule has 2 atom stereocenters. The van der Waals surface area contributed by atoms with Crippen LogP contribution in [0.5, 0.6) is 5.75 Å². The van der Waals surface area contributed by atoms with Crippen molar-refractivity contribution >= 4 is 12.0 Å². The lowest BCUT2D eigenvalue weighted by Crippen LogP contribution is -2.37. The average molecular weight is 311 g/mol. The van der Waals surface area contributed by atoms with Crippen molar-refractivity contribution in [2.45, 2.75) is 19.1 Å². The summed E-state index contributed by atoms with van der Waals surface area (Å²) in [5.74, 6) is 0.282. The molecule has 5 heteroatoms. The number of carbonyl (C=O) groups is 2. The molecule has 2 amide bonds. The minimum atomic E-state index is -0.618. The van der Waals surface area contributed by atoms with E-state index in [1.54, 1.807) is 31.4 Å². The maximum atomic E-state index is 12.6. The molecule has 23 heavy (non-hydrogen) atoms. The van der Waals surface area contributed by atoms with Gasteiger partial charge >= 0.3 is 6.09 Å². The van der Waals surface area contributed by atoms with Crippen LogP contribution in [0.15, 0.2) is 54.6 Å². The molecule has 3 rings (SSSR count). The normalized spacial score (nSPS) is 20.3. The zero-order valence-corrected chi connectivity index (χ0v) is 12.9. The number of imide groups is 1. The van der Waals surface area contributed by atoms with Crippen LogP contribution in [0.4, 0.5) is 4.79 Å². The Morgan fingerprint density at radius 1 is 1.09 bits per heavy atom. The molecule has 1 heterocycles. The first kappa shape index (κ1) is 15.1. The number of nitrogens with zero attached hydrogens (tertiary/aromatic N) is 1. The Bertz CT molecular complexity index is 712. The van der Waals surface area contributed by atoms with E-state index in [9.17, 15) is 9.59 Å². The van der Waals surface area contributed by atoms with Gasteiger partial charge < -0.3 is 9.47 Å². The number of cyclic esters (lactones) is 1. The smallest absolute Gasteiger partial charge is 0.417 e. The van der Waals surface area contributed by atoms with Gasteiger partial charge in [0.1, 0.15) is 11.9 Å². The lowest BCUT2D eigenvalue weighted by Gasteiger charge is -2.19. The number of carbonyl (C=O) groups excluding carboxylic acids is 2. The Kier molecular flexibility index (Phi) is 4.02. The van der Waals surface area contributed by atoms with Gasteiger partial charge in [-0.3, -0.25) is 4.79 Å². The van der Waals surface area contributed by atoms with Crippen LogP contribution in [0.2, 0.25) is 0 Å². The van der Waals surface area contributed by atoms with Gasteiger partial charge in [0.25, 0.3) is 5.91 Å². The van der Waals surface area contributed by atoms with E-state index in [1.165, 1.54) is 4.90 Å². The Morgan fingerprint density at radius 3 is 2.35 bits per heavy atom. The molecule has 2 aromatic rings. The van der Waals surface area contributed by atoms with Crippen molar-refractivity contribution in [3.8, 4) is 5.75 Å². The first-order valence-corrected chi connectivity index (χ1v) is 7.35. The molecule has 0 bridgehead atoms. The summed E-state index contributed by atoms with van der Waals surface area (Å²) in [4.78, 5) is 26.0. The summed E-state index contributed by atoms with van der Waals surface area (Å²) in [7, 11) is 1.56. The molecule has 1 fully saturated rings. The zero-order chi connectivity index (χ0) is 16.4. The highest BCUT2D eigenvalue weighted by molar-refractivity contribution is 6.04. The van der Waals surface area contributed by atoms with Crippen LogP contribution in [-0.2, 0) is 4.74 Å². The van der Waals surface area contributed by atoms with Gasteiger partial charge in [-0.2, -0.15) is 0 Å². The second kappa shape index (κ2) is 6.12. The highest BCUT2D eigenvalue weighted by Gasteiger charge is 2.43. The van der Waals surface area contributed by atoms with Crippen molar-refractivity contribution in [2.24, 2.45) is 0 Å². The zero-order valence-electron chi connectivity index (χ0n) is 12.9. The minimum absolute atomic E-state index is 0.372. The van der Waals surface area contributed by atoms with Crippen molar-refractivity contribution < 1.29 is 19.1 Å². The van der Waals surface area contributed by atoms with Crippen LogP contribution in [0, 0.1) is 0 Å². The number of ether oxygens (including phenoxy) is 2. The predicted molar refractivity (Wildman–Crippen MR) is 84.3 cm³/mol. The number of methoxy groups -OCH3 is 1. The summed E-state index contributed by atoms with van der Waals surface area (Å²) in [5.41, 5.74) is 1.29. The fourth-order valence-corrected chi connectivity index (χ4v) is 2.70. The maximum absolute atomic E-state index is 12.6. The van der Waals surface area contributed by atoms with E-state index in [0.29, 0.717) is 11.3 Å². The van der Waals surface area contributed by atoms with Gasteiger partial charge in [0.2, 0.25) is 0 Å². The molecule has 0 unspecified atom stereocenters. The summed E-state index contributed by atoms with van der Waals surface area (Å²) in [6.07, 6.45) is -1.07. The monoisotopic (exact) mass is 311 g/mol.